The molecule has 0 radical (unpaired) electrons. The fourth-order valence-corrected chi connectivity index (χ4v) is 2.55. The predicted octanol–water partition coefficient (Wildman–Crippen LogP) is 2.94. The number of hydrogen-bond donors (Lipinski definition) is 1. The molecule has 0 unspecified atom stereocenters. The average molecular weight is 273 g/mol. The van der Waals surface area contributed by atoms with Crippen LogP contribution < -0.4 is 5.32 Å². The molecule has 0 saturated carbocycles. The lowest BCUT2D eigenvalue weighted by molar-refractivity contribution is -0.141. The molecule has 0 bridgehead atoms. The van der Waals surface area contributed by atoms with E-state index in [1.165, 1.54) is 6.20 Å². The van der Waals surface area contributed by atoms with Crippen LogP contribution in [-0.2, 0) is 12.7 Å². The Balaban J connectivity index is 2.46. The highest BCUT2D eigenvalue weighted by Crippen LogP contribution is 2.37. The van der Waals surface area contributed by atoms with Gasteiger partial charge in [-0.25, -0.2) is 4.98 Å². The van der Waals surface area contributed by atoms with Crippen molar-refractivity contribution >= 4 is 11.3 Å². The van der Waals surface area contributed by atoms with Crippen molar-refractivity contribution in [2.45, 2.75) is 12.7 Å². The van der Waals surface area contributed by atoms with Gasteiger partial charge in [0.1, 0.15) is 5.01 Å². The average Bonchev–Trinajstić information content (AvgIpc) is 2.75. The fraction of sp³-hybridized carbons (Fsp3) is 0.273. The number of halogens is 3. The summed E-state index contributed by atoms with van der Waals surface area (Å²) >= 11 is 1.03. The molecule has 96 valence electrons. The topological polar surface area (TPSA) is 37.8 Å². The normalized spacial score (nSPS) is 11.8. The van der Waals surface area contributed by atoms with Crippen LogP contribution in [0.4, 0.5) is 13.2 Å². The second-order valence-electron chi connectivity index (χ2n) is 3.56. The molecule has 2 aromatic rings. The monoisotopic (exact) mass is 273 g/mol. The van der Waals surface area contributed by atoms with Crippen LogP contribution in [0.3, 0.4) is 0 Å². The van der Waals surface area contributed by atoms with Crippen molar-refractivity contribution in [3.63, 3.8) is 0 Å². The van der Waals surface area contributed by atoms with E-state index in [0.717, 1.165) is 11.3 Å². The van der Waals surface area contributed by atoms with Gasteiger partial charge in [-0.3, -0.25) is 4.98 Å². The number of nitrogens with zero attached hydrogens (tertiary/aromatic N) is 2. The lowest BCUT2D eigenvalue weighted by Gasteiger charge is -2.04. The van der Waals surface area contributed by atoms with Crippen LogP contribution in [0.5, 0.6) is 0 Å². The lowest BCUT2D eigenvalue weighted by atomic mass is 10.3. The molecule has 18 heavy (non-hydrogen) atoms. The summed E-state index contributed by atoms with van der Waals surface area (Å²) in [6.45, 7) is 0.146. The zero-order valence-electron chi connectivity index (χ0n) is 9.45. The molecular formula is C11H10F3N3S. The summed E-state index contributed by atoms with van der Waals surface area (Å²) in [5.74, 6) is 0. The maximum absolute atomic E-state index is 12.8. The van der Waals surface area contributed by atoms with E-state index in [1.54, 1.807) is 25.4 Å². The van der Waals surface area contributed by atoms with Gasteiger partial charge < -0.3 is 5.32 Å². The SMILES string of the molecule is CNCc1sc(-c2cccnc2)nc1C(F)(F)F. The standard InChI is InChI=1S/C11H10F3N3S/c1-15-6-8-9(11(12,13)14)17-10(18-8)7-3-2-4-16-5-7/h2-5,15H,6H2,1H3. The molecule has 0 aliphatic rings. The van der Waals surface area contributed by atoms with E-state index in [1.807, 2.05) is 0 Å². The quantitative estimate of drug-likeness (QED) is 0.934. The van der Waals surface area contributed by atoms with E-state index in [2.05, 4.69) is 15.3 Å². The third-order valence-corrected chi connectivity index (χ3v) is 3.32. The van der Waals surface area contributed by atoms with Gasteiger partial charge in [0.15, 0.2) is 5.69 Å². The second-order valence-corrected chi connectivity index (χ2v) is 4.64. The molecule has 1 N–H and O–H groups in total. The molecule has 7 heteroatoms. The molecule has 0 aliphatic heterocycles. The van der Waals surface area contributed by atoms with E-state index >= 15 is 0 Å². The first kappa shape index (κ1) is 13.0. The summed E-state index contributed by atoms with van der Waals surface area (Å²) in [6, 6.07) is 3.36. The zero-order valence-corrected chi connectivity index (χ0v) is 10.3. The van der Waals surface area contributed by atoms with Gasteiger partial charge in [-0.2, -0.15) is 13.2 Å². The van der Waals surface area contributed by atoms with Gasteiger partial charge in [0.2, 0.25) is 0 Å². The van der Waals surface area contributed by atoms with Crippen LogP contribution >= 0.6 is 11.3 Å². The van der Waals surface area contributed by atoms with Crippen molar-refractivity contribution in [2.24, 2.45) is 0 Å². The number of aromatic nitrogens is 2. The Morgan fingerprint density at radius 1 is 1.39 bits per heavy atom. The fourth-order valence-electron chi connectivity index (χ4n) is 1.47. The van der Waals surface area contributed by atoms with Crippen LogP contribution in [0.15, 0.2) is 24.5 Å². The number of thiazole rings is 1. The first-order chi connectivity index (χ1) is 8.52. The summed E-state index contributed by atoms with van der Waals surface area (Å²) in [5, 5.41) is 3.05. The minimum Gasteiger partial charge on any atom is -0.315 e. The summed E-state index contributed by atoms with van der Waals surface area (Å²) in [7, 11) is 1.60. The van der Waals surface area contributed by atoms with Gasteiger partial charge in [-0.15, -0.1) is 11.3 Å². The van der Waals surface area contributed by atoms with E-state index in [9.17, 15) is 13.2 Å². The molecule has 0 aliphatic carbocycles. The number of nitrogens with one attached hydrogen (secondary N) is 1. The van der Waals surface area contributed by atoms with Crippen molar-refractivity contribution < 1.29 is 13.2 Å². The highest BCUT2D eigenvalue weighted by atomic mass is 32.1. The Labute approximate surface area is 106 Å². The molecule has 0 fully saturated rings. The minimum atomic E-state index is -4.43. The molecule has 0 aromatic carbocycles. The van der Waals surface area contributed by atoms with Crippen LogP contribution in [-0.4, -0.2) is 17.0 Å². The minimum absolute atomic E-state index is 0.146. The summed E-state index contributed by atoms with van der Waals surface area (Å²) in [4.78, 5) is 7.75. The summed E-state index contributed by atoms with van der Waals surface area (Å²) in [5.41, 5.74) is -0.226. The Bertz CT molecular complexity index is 522. The third-order valence-electron chi connectivity index (χ3n) is 2.21. The van der Waals surface area contributed by atoms with Gasteiger partial charge in [0.05, 0.1) is 4.88 Å². The van der Waals surface area contributed by atoms with E-state index in [0.29, 0.717) is 10.6 Å². The van der Waals surface area contributed by atoms with Crippen molar-refractivity contribution in [2.75, 3.05) is 7.05 Å². The molecule has 0 spiro atoms. The van der Waals surface area contributed by atoms with Gasteiger partial charge in [0, 0.05) is 24.5 Å². The summed E-state index contributed by atoms with van der Waals surface area (Å²) in [6.07, 6.45) is -1.36. The van der Waals surface area contributed by atoms with Gasteiger partial charge >= 0.3 is 6.18 Å². The zero-order chi connectivity index (χ0) is 13.2. The molecule has 2 aromatic heterocycles. The first-order valence-corrected chi connectivity index (χ1v) is 5.96. The Kier molecular flexibility index (Phi) is 3.63. The molecule has 0 amide bonds. The Morgan fingerprint density at radius 3 is 2.72 bits per heavy atom. The van der Waals surface area contributed by atoms with Crippen molar-refractivity contribution in [3.05, 3.63) is 35.1 Å². The van der Waals surface area contributed by atoms with Crippen LogP contribution in [0.2, 0.25) is 0 Å². The van der Waals surface area contributed by atoms with Crippen LogP contribution in [0, 0.1) is 0 Å². The largest absolute Gasteiger partial charge is 0.434 e. The van der Waals surface area contributed by atoms with Crippen LogP contribution in [0.1, 0.15) is 10.6 Å². The number of rotatable bonds is 3. The van der Waals surface area contributed by atoms with Crippen molar-refractivity contribution in [1.29, 1.82) is 0 Å². The highest BCUT2D eigenvalue weighted by Gasteiger charge is 2.37. The highest BCUT2D eigenvalue weighted by molar-refractivity contribution is 7.15. The maximum atomic E-state index is 12.8. The van der Waals surface area contributed by atoms with Crippen molar-refractivity contribution in [1.82, 2.24) is 15.3 Å². The third kappa shape index (κ3) is 2.68. The number of alkyl halides is 3. The van der Waals surface area contributed by atoms with Gasteiger partial charge in [-0.05, 0) is 19.2 Å². The Morgan fingerprint density at radius 2 is 2.17 bits per heavy atom. The number of hydrogen-bond acceptors (Lipinski definition) is 4. The number of pyridine rings is 1. The molecular weight excluding hydrogens is 263 g/mol. The molecule has 0 atom stereocenters. The van der Waals surface area contributed by atoms with Crippen molar-refractivity contribution in [3.8, 4) is 10.6 Å². The molecule has 3 nitrogen and oxygen atoms in total. The van der Waals surface area contributed by atoms with E-state index in [-0.39, 0.29) is 11.4 Å². The van der Waals surface area contributed by atoms with Crippen LogP contribution in [0.25, 0.3) is 10.6 Å². The molecule has 2 rings (SSSR count). The lowest BCUT2D eigenvalue weighted by Crippen LogP contribution is -2.12. The first-order valence-electron chi connectivity index (χ1n) is 5.14. The molecule has 0 saturated heterocycles. The van der Waals surface area contributed by atoms with E-state index < -0.39 is 11.9 Å². The molecule has 2 heterocycles. The smallest absolute Gasteiger partial charge is 0.315 e. The second kappa shape index (κ2) is 5.03. The Hall–Kier alpha value is -1.47. The predicted molar refractivity (Wildman–Crippen MR) is 63.1 cm³/mol. The van der Waals surface area contributed by atoms with Gasteiger partial charge in [-0.1, -0.05) is 0 Å². The van der Waals surface area contributed by atoms with Gasteiger partial charge in [0.25, 0.3) is 0 Å². The van der Waals surface area contributed by atoms with E-state index in [4.69, 9.17) is 0 Å². The maximum Gasteiger partial charge on any atom is 0.434 e. The summed E-state index contributed by atoms with van der Waals surface area (Å²) < 4.78 is 38.4.